The Bertz CT molecular complexity index is 839. The third-order valence-electron chi connectivity index (χ3n) is 4.15. The zero-order valence-corrected chi connectivity index (χ0v) is 15.0. The average Bonchev–Trinajstić information content (AvgIpc) is 3.05. The van der Waals surface area contributed by atoms with Crippen molar-refractivity contribution in [2.24, 2.45) is 0 Å². The van der Waals surface area contributed by atoms with E-state index in [0.29, 0.717) is 11.4 Å². The highest BCUT2D eigenvalue weighted by molar-refractivity contribution is 6.16. The Morgan fingerprint density at radius 3 is 2.62 bits per heavy atom. The molecule has 8 heteroatoms. The van der Waals surface area contributed by atoms with E-state index in [1.165, 1.54) is 19.3 Å². The number of carbonyl (C=O) groups is 3. The number of benzene rings is 1. The largest absolute Gasteiger partial charge is 0.497 e. The number of hydrogen-bond donors (Lipinski definition) is 2. The average molecular weight is 360 g/mol. The van der Waals surface area contributed by atoms with E-state index in [1.807, 2.05) is 0 Å². The van der Waals surface area contributed by atoms with Crippen molar-refractivity contribution in [3.8, 4) is 5.75 Å². The lowest BCUT2D eigenvalue weighted by atomic mass is 9.87. The maximum atomic E-state index is 12.7. The van der Waals surface area contributed by atoms with Crippen molar-refractivity contribution in [1.82, 2.24) is 4.90 Å². The molecule has 2 N–H and O–H groups in total. The summed E-state index contributed by atoms with van der Waals surface area (Å²) in [6, 6.07) is 4.69. The number of fused-ring (bicyclic) bond motifs is 1. The summed E-state index contributed by atoms with van der Waals surface area (Å²) in [5.41, 5.74) is -2.58. The highest BCUT2D eigenvalue weighted by Gasteiger charge is 2.54. The summed E-state index contributed by atoms with van der Waals surface area (Å²) in [4.78, 5) is 38.2. The van der Waals surface area contributed by atoms with Crippen LogP contribution in [-0.2, 0) is 19.9 Å². The Morgan fingerprint density at radius 2 is 2.00 bits per heavy atom. The van der Waals surface area contributed by atoms with Crippen molar-refractivity contribution in [2.75, 3.05) is 19.0 Å². The van der Waals surface area contributed by atoms with Gasteiger partial charge in [-0.1, -0.05) is 6.08 Å². The van der Waals surface area contributed by atoms with E-state index in [4.69, 9.17) is 9.47 Å². The number of rotatable bonds is 2. The van der Waals surface area contributed by atoms with Crippen molar-refractivity contribution >= 4 is 23.6 Å². The summed E-state index contributed by atoms with van der Waals surface area (Å²) in [6.07, 6.45) is 0.530. The number of aliphatic hydroxyl groups is 1. The summed E-state index contributed by atoms with van der Waals surface area (Å²) < 4.78 is 10.3. The Labute approximate surface area is 150 Å². The summed E-state index contributed by atoms with van der Waals surface area (Å²) in [5.74, 6) is -1.10. The summed E-state index contributed by atoms with van der Waals surface area (Å²) >= 11 is 0. The number of methoxy groups -OCH3 is 1. The first-order valence-corrected chi connectivity index (χ1v) is 8.05. The molecule has 1 aromatic rings. The highest BCUT2D eigenvalue weighted by atomic mass is 16.6. The van der Waals surface area contributed by atoms with Crippen LogP contribution in [0.4, 0.5) is 10.5 Å². The fourth-order valence-corrected chi connectivity index (χ4v) is 2.94. The minimum atomic E-state index is -2.20. The SMILES string of the molecule is COc1ccc2c(c1)C(O)(C1=CCN(C(=O)OC(C)(C)C)C1=O)C(=O)N2. The number of hydrogen-bond acceptors (Lipinski definition) is 6. The summed E-state index contributed by atoms with van der Waals surface area (Å²) in [7, 11) is 1.45. The van der Waals surface area contributed by atoms with Gasteiger partial charge in [-0.3, -0.25) is 9.59 Å². The molecular formula is C18H20N2O6. The molecule has 8 nitrogen and oxygen atoms in total. The number of amides is 3. The van der Waals surface area contributed by atoms with E-state index in [-0.39, 0.29) is 17.7 Å². The Kier molecular flexibility index (Phi) is 4.03. The van der Waals surface area contributed by atoms with Crippen LogP contribution in [0, 0.1) is 0 Å². The Hall–Kier alpha value is -2.87. The molecule has 0 aromatic heterocycles. The lowest BCUT2D eigenvalue weighted by Gasteiger charge is -2.25. The third kappa shape index (κ3) is 2.72. The van der Waals surface area contributed by atoms with Crippen LogP contribution in [0.2, 0.25) is 0 Å². The van der Waals surface area contributed by atoms with Gasteiger partial charge in [-0.2, -0.15) is 0 Å². The number of nitrogens with zero attached hydrogens (tertiary/aromatic N) is 1. The first-order valence-electron chi connectivity index (χ1n) is 8.05. The van der Waals surface area contributed by atoms with Crippen LogP contribution in [0.3, 0.4) is 0 Å². The molecular weight excluding hydrogens is 340 g/mol. The van der Waals surface area contributed by atoms with Gasteiger partial charge in [0.15, 0.2) is 0 Å². The Morgan fingerprint density at radius 1 is 1.31 bits per heavy atom. The van der Waals surface area contributed by atoms with Gasteiger partial charge in [-0.25, -0.2) is 9.69 Å². The van der Waals surface area contributed by atoms with Crippen molar-refractivity contribution in [2.45, 2.75) is 32.0 Å². The predicted octanol–water partition coefficient (Wildman–Crippen LogP) is 1.54. The number of anilines is 1. The van der Waals surface area contributed by atoms with Crippen LogP contribution in [0.1, 0.15) is 26.3 Å². The summed E-state index contributed by atoms with van der Waals surface area (Å²) in [6.45, 7) is 4.96. The zero-order valence-electron chi connectivity index (χ0n) is 15.0. The molecule has 1 unspecified atom stereocenters. The first-order chi connectivity index (χ1) is 12.1. The smallest absolute Gasteiger partial charge is 0.417 e. The monoisotopic (exact) mass is 360 g/mol. The second-order valence-electron chi connectivity index (χ2n) is 7.09. The van der Waals surface area contributed by atoms with Gasteiger partial charge in [0.1, 0.15) is 11.4 Å². The molecule has 1 aromatic carbocycles. The molecule has 2 heterocycles. The van der Waals surface area contributed by atoms with Crippen LogP contribution in [0.5, 0.6) is 5.75 Å². The molecule has 0 fully saturated rings. The van der Waals surface area contributed by atoms with Gasteiger partial charge in [-0.05, 0) is 39.0 Å². The van der Waals surface area contributed by atoms with Gasteiger partial charge in [-0.15, -0.1) is 0 Å². The number of imide groups is 1. The third-order valence-corrected chi connectivity index (χ3v) is 4.15. The minimum absolute atomic E-state index is 0.0853. The van der Waals surface area contributed by atoms with Crippen molar-refractivity contribution in [3.05, 3.63) is 35.4 Å². The molecule has 0 saturated carbocycles. The molecule has 0 radical (unpaired) electrons. The molecule has 2 aliphatic heterocycles. The maximum Gasteiger partial charge on any atom is 0.417 e. The molecule has 26 heavy (non-hydrogen) atoms. The van der Waals surface area contributed by atoms with Gasteiger partial charge in [0, 0.05) is 11.3 Å². The maximum absolute atomic E-state index is 12.7. The van der Waals surface area contributed by atoms with E-state index in [1.54, 1.807) is 32.9 Å². The molecule has 138 valence electrons. The highest BCUT2D eigenvalue weighted by Crippen LogP contribution is 2.44. The van der Waals surface area contributed by atoms with E-state index in [0.717, 1.165) is 4.90 Å². The van der Waals surface area contributed by atoms with Crippen LogP contribution in [0.15, 0.2) is 29.8 Å². The molecule has 0 aliphatic carbocycles. The van der Waals surface area contributed by atoms with Gasteiger partial charge in [0.05, 0.1) is 19.2 Å². The van der Waals surface area contributed by atoms with E-state index in [9.17, 15) is 19.5 Å². The topological polar surface area (TPSA) is 105 Å². The minimum Gasteiger partial charge on any atom is -0.497 e. The number of ether oxygens (including phenoxy) is 2. The van der Waals surface area contributed by atoms with E-state index >= 15 is 0 Å². The van der Waals surface area contributed by atoms with E-state index < -0.39 is 29.1 Å². The summed E-state index contributed by atoms with van der Waals surface area (Å²) in [5, 5.41) is 13.6. The fourth-order valence-electron chi connectivity index (χ4n) is 2.94. The molecule has 1 atom stereocenters. The Balaban J connectivity index is 1.94. The molecule has 0 spiro atoms. The standard InChI is InChI=1S/C18H20N2O6/c1-17(2,3)26-16(23)20-8-7-11(14(20)21)18(24)12-9-10(25-4)5-6-13(12)19-15(18)22/h5-7,9,24H,8H2,1-4H3,(H,19,22). The molecule has 0 saturated heterocycles. The molecule has 3 rings (SSSR count). The second-order valence-corrected chi connectivity index (χ2v) is 7.09. The fraction of sp³-hybridized carbons (Fsp3) is 0.389. The van der Waals surface area contributed by atoms with Crippen molar-refractivity contribution in [1.29, 1.82) is 0 Å². The van der Waals surface area contributed by atoms with Crippen molar-refractivity contribution < 1.29 is 29.0 Å². The second kappa shape index (κ2) is 5.84. The number of nitrogens with one attached hydrogen (secondary N) is 1. The van der Waals surface area contributed by atoms with Gasteiger partial charge in [0.2, 0.25) is 5.60 Å². The number of carbonyl (C=O) groups excluding carboxylic acids is 3. The van der Waals surface area contributed by atoms with E-state index in [2.05, 4.69) is 5.32 Å². The quantitative estimate of drug-likeness (QED) is 0.829. The predicted molar refractivity (Wildman–Crippen MR) is 91.6 cm³/mol. The zero-order chi connectivity index (χ0) is 19.3. The molecule has 2 aliphatic rings. The lowest BCUT2D eigenvalue weighted by Crippen LogP contribution is -2.44. The van der Waals surface area contributed by atoms with Gasteiger partial charge < -0.3 is 19.9 Å². The molecule has 3 amide bonds. The molecule has 0 bridgehead atoms. The van der Waals surface area contributed by atoms with Gasteiger partial charge in [0.25, 0.3) is 11.8 Å². The van der Waals surface area contributed by atoms with Crippen molar-refractivity contribution in [3.63, 3.8) is 0 Å². The van der Waals surface area contributed by atoms with Crippen LogP contribution in [0.25, 0.3) is 0 Å². The van der Waals surface area contributed by atoms with Gasteiger partial charge >= 0.3 is 6.09 Å². The first kappa shape index (κ1) is 17.9. The van der Waals surface area contributed by atoms with Crippen LogP contribution in [-0.4, -0.2) is 47.2 Å². The van der Waals surface area contributed by atoms with Crippen LogP contribution < -0.4 is 10.1 Å². The van der Waals surface area contributed by atoms with Crippen LogP contribution >= 0.6 is 0 Å². The lowest BCUT2D eigenvalue weighted by molar-refractivity contribution is -0.136. The normalized spacial score (nSPS) is 22.0.